The van der Waals surface area contributed by atoms with Gasteiger partial charge in [-0.05, 0) is 37.1 Å². The van der Waals surface area contributed by atoms with Crippen LogP contribution in [0.2, 0.25) is 0 Å². The molecule has 2 aromatic carbocycles. The van der Waals surface area contributed by atoms with Gasteiger partial charge in [-0.15, -0.1) is 0 Å². The van der Waals surface area contributed by atoms with Gasteiger partial charge < -0.3 is 10.2 Å². The average Bonchev–Trinajstić information content (AvgIpc) is 2.96. The average molecular weight is 393 g/mol. The van der Waals surface area contributed by atoms with Gasteiger partial charge in [-0.25, -0.2) is 4.79 Å². The van der Waals surface area contributed by atoms with Gasteiger partial charge >= 0.3 is 6.03 Å². The molecule has 4 amide bonds. The molecular formula is C23H27N3O3. The number of imide groups is 1. The van der Waals surface area contributed by atoms with Crippen LogP contribution in [0.25, 0.3) is 10.8 Å². The maximum atomic E-state index is 13.2. The molecule has 1 aliphatic carbocycles. The van der Waals surface area contributed by atoms with Gasteiger partial charge in [-0.2, -0.15) is 0 Å². The summed E-state index contributed by atoms with van der Waals surface area (Å²) in [4.78, 5) is 41.7. The van der Waals surface area contributed by atoms with Crippen LogP contribution in [-0.4, -0.2) is 41.4 Å². The molecule has 1 saturated carbocycles. The summed E-state index contributed by atoms with van der Waals surface area (Å²) in [6.07, 6.45) is 3.53. The molecule has 2 atom stereocenters. The van der Waals surface area contributed by atoms with Gasteiger partial charge in [-0.3, -0.25) is 14.5 Å². The first-order chi connectivity index (χ1) is 14.0. The standard InChI is InChI=1S/C23H27N3O3/c1-3-25(19-13-8-11-17-10-4-5-12-18(17)19)20(27)15-26-21(28)23(24-22(26)29)14-7-6-9-16(23)2/h4-5,8,10-13,16H,3,6-7,9,14-15H2,1-2H3,(H,24,29). The zero-order chi connectivity index (χ0) is 20.6. The predicted molar refractivity (Wildman–Crippen MR) is 113 cm³/mol. The molecule has 1 heterocycles. The van der Waals surface area contributed by atoms with E-state index in [1.165, 1.54) is 0 Å². The fraction of sp³-hybridized carbons (Fsp3) is 0.435. The molecule has 2 unspecified atom stereocenters. The van der Waals surface area contributed by atoms with Crippen LogP contribution in [0.15, 0.2) is 42.5 Å². The second-order valence-electron chi connectivity index (χ2n) is 8.08. The van der Waals surface area contributed by atoms with Crippen molar-refractivity contribution in [3.05, 3.63) is 42.5 Å². The van der Waals surface area contributed by atoms with Crippen LogP contribution in [0.4, 0.5) is 10.5 Å². The topological polar surface area (TPSA) is 69.7 Å². The van der Waals surface area contributed by atoms with Crippen molar-refractivity contribution in [1.82, 2.24) is 10.2 Å². The van der Waals surface area contributed by atoms with E-state index in [0.717, 1.165) is 40.6 Å². The highest BCUT2D eigenvalue weighted by Gasteiger charge is 2.55. The van der Waals surface area contributed by atoms with Crippen molar-refractivity contribution in [2.24, 2.45) is 5.92 Å². The van der Waals surface area contributed by atoms with E-state index in [2.05, 4.69) is 5.32 Å². The van der Waals surface area contributed by atoms with Crippen LogP contribution in [0, 0.1) is 5.92 Å². The molecular weight excluding hydrogens is 366 g/mol. The lowest BCUT2D eigenvalue weighted by molar-refractivity contribution is -0.136. The molecule has 6 nitrogen and oxygen atoms in total. The molecule has 1 N–H and O–H groups in total. The number of amides is 4. The van der Waals surface area contributed by atoms with Gasteiger partial charge in [0.25, 0.3) is 5.91 Å². The number of hydrogen-bond donors (Lipinski definition) is 1. The van der Waals surface area contributed by atoms with Gasteiger partial charge in [0.05, 0.1) is 5.69 Å². The Bertz CT molecular complexity index is 967. The highest BCUT2D eigenvalue weighted by atomic mass is 16.2. The number of anilines is 1. The molecule has 2 aromatic rings. The van der Waals surface area contributed by atoms with E-state index in [9.17, 15) is 14.4 Å². The maximum Gasteiger partial charge on any atom is 0.325 e. The predicted octanol–water partition coefficient (Wildman–Crippen LogP) is 3.69. The summed E-state index contributed by atoms with van der Waals surface area (Å²) in [6.45, 7) is 4.13. The first kappa shape index (κ1) is 19.4. The summed E-state index contributed by atoms with van der Waals surface area (Å²) >= 11 is 0. The Kier molecular flexibility index (Phi) is 5.03. The summed E-state index contributed by atoms with van der Waals surface area (Å²) in [5, 5.41) is 4.93. The van der Waals surface area contributed by atoms with Crippen LogP contribution >= 0.6 is 0 Å². The van der Waals surface area contributed by atoms with Crippen molar-refractivity contribution in [3.8, 4) is 0 Å². The Hall–Kier alpha value is -2.89. The zero-order valence-corrected chi connectivity index (χ0v) is 17.0. The number of hydrogen-bond acceptors (Lipinski definition) is 3. The Morgan fingerprint density at radius 2 is 1.93 bits per heavy atom. The number of carbonyl (C=O) groups is 3. The van der Waals surface area contributed by atoms with Gasteiger partial charge in [0.15, 0.2) is 0 Å². The second kappa shape index (κ2) is 7.50. The van der Waals surface area contributed by atoms with Crippen LogP contribution < -0.4 is 10.2 Å². The number of benzene rings is 2. The number of fused-ring (bicyclic) bond motifs is 1. The minimum Gasteiger partial charge on any atom is -0.323 e. The molecule has 1 aliphatic heterocycles. The quantitative estimate of drug-likeness (QED) is 0.806. The van der Waals surface area contributed by atoms with Gasteiger partial charge in [-0.1, -0.05) is 56.2 Å². The van der Waals surface area contributed by atoms with Crippen molar-refractivity contribution in [1.29, 1.82) is 0 Å². The second-order valence-corrected chi connectivity index (χ2v) is 8.08. The number of likely N-dealkylation sites (N-methyl/N-ethyl adjacent to an activating group) is 1. The normalized spacial score (nSPS) is 24.2. The largest absolute Gasteiger partial charge is 0.325 e. The van der Waals surface area contributed by atoms with E-state index in [1.54, 1.807) is 4.90 Å². The molecule has 0 aromatic heterocycles. The molecule has 6 heteroatoms. The van der Waals surface area contributed by atoms with E-state index in [4.69, 9.17) is 0 Å². The van der Waals surface area contributed by atoms with Crippen LogP contribution in [0.1, 0.15) is 39.5 Å². The summed E-state index contributed by atoms with van der Waals surface area (Å²) in [6, 6.07) is 13.3. The Morgan fingerprint density at radius 3 is 2.69 bits per heavy atom. The molecule has 29 heavy (non-hydrogen) atoms. The third-order valence-electron chi connectivity index (χ3n) is 6.47. The monoisotopic (exact) mass is 393 g/mol. The lowest BCUT2D eigenvalue weighted by Crippen LogP contribution is -2.54. The molecule has 0 bridgehead atoms. The third-order valence-corrected chi connectivity index (χ3v) is 6.47. The Labute approximate surface area is 170 Å². The van der Waals surface area contributed by atoms with E-state index < -0.39 is 11.6 Å². The van der Waals surface area contributed by atoms with Crippen molar-refractivity contribution in [3.63, 3.8) is 0 Å². The van der Waals surface area contributed by atoms with Gasteiger partial charge in [0.1, 0.15) is 12.1 Å². The minimum atomic E-state index is -0.841. The molecule has 0 radical (unpaired) electrons. The van der Waals surface area contributed by atoms with Crippen molar-refractivity contribution in [2.45, 2.75) is 45.1 Å². The minimum absolute atomic E-state index is 0.0770. The molecule has 1 saturated heterocycles. The molecule has 2 fully saturated rings. The Balaban J connectivity index is 1.59. The van der Waals surface area contributed by atoms with Crippen LogP contribution in [0.3, 0.4) is 0 Å². The van der Waals surface area contributed by atoms with Crippen LogP contribution in [0.5, 0.6) is 0 Å². The fourth-order valence-corrected chi connectivity index (χ4v) is 4.78. The van der Waals surface area contributed by atoms with E-state index in [0.29, 0.717) is 13.0 Å². The molecule has 152 valence electrons. The first-order valence-electron chi connectivity index (χ1n) is 10.4. The lowest BCUT2D eigenvalue weighted by atomic mass is 9.73. The molecule has 1 spiro atoms. The number of rotatable bonds is 4. The summed E-state index contributed by atoms with van der Waals surface area (Å²) in [5.41, 5.74) is -0.0464. The maximum absolute atomic E-state index is 13.2. The SMILES string of the molecule is CCN(C(=O)CN1C(=O)NC2(CCCCC2C)C1=O)c1cccc2ccccc12. The summed E-state index contributed by atoms with van der Waals surface area (Å²) in [5.74, 6) is -0.432. The lowest BCUT2D eigenvalue weighted by Gasteiger charge is -2.36. The van der Waals surface area contributed by atoms with Gasteiger partial charge in [0, 0.05) is 11.9 Å². The van der Waals surface area contributed by atoms with E-state index >= 15 is 0 Å². The first-order valence-corrected chi connectivity index (χ1v) is 10.4. The molecule has 2 aliphatic rings. The highest BCUT2D eigenvalue weighted by Crippen LogP contribution is 2.38. The van der Waals surface area contributed by atoms with E-state index in [1.807, 2.05) is 56.3 Å². The third kappa shape index (κ3) is 3.16. The van der Waals surface area contributed by atoms with Crippen molar-refractivity contribution >= 4 is 34.3 Å². The smallest absolute Gasteiger partial charge is 0.323 e. The van der Waals surface area contributed by atoms with E-state index in [-0.39, 0.29) is 24.3 Å². The van der Waals surface area contributed by atoms with Crippen molar-refractivity contribution in [2.75, 3.05) is 18.0 Å². The fourth-order valence-electron chi connectivity index (χ4n) is 4.78. The summed E-state index contributed by atoms with van der Waals surface area (Å²) < 4.78 is 0. The van der Waals surface area contributed by atoms with Gasteiger partial charge in [0.2, 0.25) is 5.91 Å². The number of carbonyl (C=O) groups excluding carboxylic acids is 3. The summed E-state index contributed by atoms with van der Waals surface area (Å²) in [7, 11) is 0. The van der Waals surface area contributed by atoms with Crippen LogP contribution in [-0.2, 0) is 9.59 Å². The number of nitrogens with zero attached hydrogens (tertiary/aromatic N) is 2. The molecule has 4 rings (SSSR count). The number of nitrogens with one attached hydrogen (secondary N) is 1. The number of urea groups is 1. The zero-order valence-electron chi connectivity index (χ0n) is 17.0. The van der Waals surface area contributed by atoms with Crippen molar-refractivity contribution < 1.29 is 14.4 Å². The highest BCUT2D eigenvalue weighted by molar-refractivity contribution is 6.11. The Morgan fingerprint density at radius 1 is 1.17 bits per heavy atom.